The van der Waals surface area contributed by atoms with E-state index in [2.05, 4.69) is 41.5 Å². The Morgan fingerprint density at radius 3 is 1.93 bits per heavy atom. The van der Waals surface area contributed by atoms with Crippen molar-refractivity contribution >= 4 is 0 Å². The number of fused-ring (bicyclic) bond motifs is 1. The maximum absolute atomic E-state index is 2.50. The van der Waals surface area contributed by atoms with E-state index < -0.39 is 0 Å². The first-order valence-corrected chi connectivity index (χ1v) is 6.89. The van der Waals surface area contributed by atoms with Crippen molar-refractivity contribution in [1.82, 2.24) is 0 Å². The van der Waals surface area contributed by atoms with Gasteiger partial charge in [-0.1, -0.05) is 48.0 Å². The minimum Gasteiger partial charge on any atom is -0.0649 e. The Bertz CT molecular complexity index is 240. The van der Waals surface area contributed by atoms with E-state index in [4.69, 9.17) is 0 Å². The number of hydrogen-bond donors (Lipinski definition) is 0. The molecule has 2 rings (SSSR count). The second kappa shape index (κ2) is 3.50. The summed E-state index contributed by atoms with van der Waals surface area (Å²) in [4.78, 5) is 0. The van der Waals surface area contributed by atoms with E-state index in [0.717, 1.165) is 35.5 Å². The molecule has 0 radical (unpaired) electrons. The Morgan fingerprint density at radius 1 is 0.867 bits per heavy atom. The highest BCUT2D eigenvalue weighted by Gasteiger charge is 2.61. The minimum atomic E-state index is 0.572. The molecule has 6 unspecified atom stereocenters. The third kappa shape index (κ3) is 1.56. The van der Waals surface area contributed by atoms with E-state index in [1.165, 1.54) is 12.8 Å². The predicted octanol–water partition coefficient (Wildman–Crippen LogP) is 4.60. The average molecular weight is 208 g/mol. The quantitative estimate of drug-likeness (QED) is 0.636. The van der Waals surface area contributed by atoms with E-state index in [1.807, 2.05) is 0 Å². The molecule has 0 N–H and O–H groups in total. The summed E-state index contributed by atoms with van der Waals surface area (Å²) < 4.78 is 0. The van der Waals surface area contributed by atoms with E-state index in [0.29, 0.717) is 5.41 Å². The Labute approximate surface area is 95.8 Å². The molecule has 0 aromatic heterocycles. The highest BCUT2D eigenvalue weighted by molar-refractivity contribution is 5.08. The van der Waals surface area contributed by atoms with Crippen LogP contribution in [0.3, 0.4) is 0 Å². The van der Waals surface area contributed by atoms with Crippen LogP contribution in [0.4, 0.5) is 0 Å². The van der Waals surface area contributed by atoms with Crippen molar-refractivity contribution in [1.29, 1.82) is 0 Å². The first-order chi connectivity index (χ1) is 6.89. The van der Waals surface area contributed by atoms with Gasteiger partial charge in [0.15, 0.2) is 0 Å². The van der Waals surface area contributed by atoms with Gasteiger partial charge >= 0.3 is 0 Å². The van der Waals surface area contributed by atoms with Crippen molar-refractivity contribution < 1.29 is 0 Å². The standard InChI is InChI=1S/C15H28/c1-7-15(5,6)8-12-11(4)13-9(2)10(3)14(12)13/h9-14H,7-8H2,1-6H3. The van der Waals surface area contributed by atoms with Crippen molar-refractivity contribution in [3.05, 3.63) is 0 Å². The minimum absolute atomic E-state index is 0.572. The molecule has 2 aliphatic rings. The lowest BCUT2D eigenvalue weighted by molar-refractivity contribution is -0.196. The molecule has 0 heteroatoms. The molecule has 0 spiro atoms. The fourth-order valence-electron chi connectivity index (χ4n) is 4.36. The van der Waals surface area contributed by atoms with Gasteiger partial charge in [-0.3, -0.25) is 0 Å². The zero-order valence-corrected chi connectivity index (χ0v) is 11.4. The van der Waals surface area contributed by atoms with Gasteiger partial charge in [-0.05, 0) is 47.3 Å². The van der Waals surface area contributed by atoms with Gasteiger partial charge in [0, 0.05) is 0 Å². The summed E-state index contributed by atoms with van der Waals surface area (Å²) >= 11 is 0. The largest absolute Gasteiger partial charge is 0.0649 e. The summed E-state index contributed by atoms with van der Waals surface area (Å²) in [6, 6.07) is 0. The second-order valence-corrected chi connectivity index (χ2v) is 7.12. The molecule has 15 heavy (non-hydrogen) atoms. The molecule has 6 atom stereocenters. The zero-order chi connectivity index (χ0) is 11.4. The fourth-order valence-corrected chi connectivity index (χ4v) is 4.36. The maximum atomic E-state index is 2.50. The molecular weight excluding hydrogens is 180 g/mol. The lowest BCUT2D eigenvalue weighted by Crippen LogP contribution is -2.62. The molecule has 0 heterocycles. The van der Waals surface area contributed by atoms with Gasteiger partial charge in [0.1, 0.15) is 0 Å². The maximum Gasteiger partial charge on any atom is -0.0321 e. The molecule has 88 valence electrons. The van der Waals surface area contributed by atoms with Crippen LogP contribution < -0.4 is 0 Å². The van der Waals surface area contributed by atoms with Crippen LogP contribution in [-0.2, 0) is 0 Å². The van der Waals surface area contributed by atoms with E-state index in [1.54, 1.807) is 0 Å². The Morgan fingerprint density at radius 2 is 1.40 bits per heavy atom. The highest BCUT2D eigenvalue weighted by Crippen LogP contribution is 2.66. The van der Waals surface area contributed by atoms with Crippen LogP contribution in [0.15, 0.2) is 0 Å². The summed E-state index contributed by atoms with van der Waals surface area (Å²) in [5.74, 6) is 6.22. The van der Waals surface area contributed by atoms with Crippen LogP contribution in [-0.4, -0.2) is 0 Å². The fraction of sp³-hybridized carbons (Fsp3) is 1.00. The molecule has 2 aliphatic carbocycles. The van der Waals surface area contributed by atoms with Gasteiger partial charge < -0.3 is 0 Å². The van der Waals surface area contributed by atoms with Crippen molar-refractivity contribution in [3.63, 3.8) is 0 Å². The van der Waals surface area contributed by atoms with Gasteiger partial charge in [0.05, 0.1) is 0 Å². The van der Waals surface area contributed by atoms with Gasteiger partial charge in [0.2, 0.25) is 0 Å². The lowest BCUT2D eigenvalue weighted by atomic mass is 9.38. The van der Waals surface area contributed by atoms with Crippen LogP contribution in [0.5, 0.6) is 0 Å². The molecule has 0 saturated heterocycles. The zero-order valence-electron chi connectivity index (χ0n) is 11.4. The van der Waals surface area contributed by atoms with Gasteiger partial charge in [0.25, 0.3) is 0 Å². The first kappa shape index (κ1) is 11.5. The SMILES string of the molecule is CCC(C)(C)CC1C(C)C2C(C)C(C)C12. The van der Waals surface area contributed by atoms with Crippen molar-refractivity contribution in [2.75, 3.05) is 0 Å². The van der Waals surface area contributed by atoms with Gasteiger partial charge in [-0.25, -0.2) is 0 Å². The van der Waals surface area contributed by atoms with Crippen LogP contribution in [0, 0.1) is 40.9 Å². The molecule has 0 amide bonds. The van der Waals surface area contributed by atoms with Crippen molar-refractivity contribution in [2.24, 2.45) is 40.9 Å². The molecular formula is C15H28. The number of hydrogen-bond acceptors (Lipinski definition) is 0. The second-order valence-electron chi connectivity index (χ2n) is 7.12. The molecule has 2 fully saturated rings. The summed E-state index contributed by atoms with van der Waals surface area (Å²) in [5.41, 5.74) is 0.572. The Kier molecular flexibility index (Phi) is 2.68. The predicted molar refractivity (Wildman–Crippen MR) is 66.7 cm³/mol. The Balaban J connectivity index is 1.96. The number of rotatable bonds is 3. The monoisotopic (exact) mass is 208 g/mol. The lowest BCUT2D eigenvalue weighted by Gasteiger charge is -2.67. The summed E-state index contributed by atoms with van der Waals surface area (Å²) in [5, 5.41) is 0. The van der Waals surface area contributed by atoms with Gasteiger partial charge in [-0.2, -0.15) is 0 Å². The topological polar surface area (TPSA) is 0 Å². The molecule has 0 nitrogen and oxygen atoms in total. The highest BCUT2D eigenvalue weighted by atomic mass is 14.7. The molecule has 0 aromatic rings. The van der Waals surface area contributed by atoms with Gasteiger partial charge in [-0.15, -0.1) is 0 Å². The van der Waals surface area contributed by atoms with Crippen LogP contribution in [0.1, 0.15) is 54.4 Å². The van der Waals surface area contributed by atoms with Crippen LogP contribution in [0.25, 0.3) is 0 Å². The summed E-state index contributed by atoms with van der Waals surface area (Å²) in [6.45, 7) is 14.7. The average Bonchev–Trinajstić information content (AvgIpc) is 2.20. The summed E-state index contributed by atoms with van der Waals surface area (Å²) in [6.07, 6.45) is 2.79. The van der Waals surface area contributed by atoms with Crippen LogP contribution in [0.2, 0.25) is 0 Å². The third-order valence-corrected chi connectivity index (χ3v) is 6.01. The summed E-state index contributed by atoms with van der Waals surface area (Å²) in [7, 11) is 0. The van der Waals surface area contributed by atoms with E-state index in [-0.39, 0.29) is 0 Å². The molecule has 2 saturated carbocycles. The van der Waals surface area contributed by atoms with Crippen molar-refractivity contribution in [3.8, 4) is 0 Å². The normalized spacial score (nSPS) is 49.2. The smallest absolute Gasteiger partial charge is 0.0321 e. The van der Waals surface area contributed by atoms with Crippen molar-refractivity contribution in [2.45, 2.75) is 54.4 Å². The van der Waals surface area contributed by atoms with E-state index >= 15 is 0 Å². The third-order valence-electron chi connectivity index (χ3n) is 6.01. The Hall–Kier alpha value is 0. The molecule has 0 aromatic carbocycles. The molecule has 0 bridgehead atoms. The van der Waals surface area contributed by atoms with Crippen LogP contribution >= 0.6 is 0 Å². The van der Waals surface area contributed by atoms with E-state index in [9.17, 15) is 0 Å². The first-order valence-electron chi connectivity index (χ1n) is 6.89. The molecule has 0 aliphatic heterocycles.